The van der Waals surface area contributed by atoms with Gasteiger partial charge in [-0.25, -0.2) is 0 Å². The fraction of sp³-hybridized carbons (Fsp3) is 0. The number of benzene rings is 8. The van der Waals surface area contributed by atoms with Gasteiger partial charge in [0.15, 0.2) is 0 Å². The van der Waals surface area contributed by atoms with Crippen LogP contribution in [0, 0.1) is 0 Å². The summed E-state index contributed by atoms with van der Waals surface area (Å²) in [5.74, 6) is 0. The number of rotatable bonds is 4. The monoisotopic (exact) mass is 587 g/mol. The van der Waals surface area contributed by atoms with Crippen LogP contribution in [0.2, 0.25) is 0 Å². The first-order valence-electron chi connectivity index (χ1n) is 21.7. The van der Waals surface area contributed by atoms with Crippen molar-refractivity contribution in [2.24, 2.45) is 0 Å². The number of hydrogen-bond donors (Lipinski definition) is 0. The molecule has 0 bridgehead atoms. The van der Waals surface area contributed by atoms with Crippen molar-refractivity contribution in [2.45, 2.75) is 0 Å². The molecule has 0 N–H and O–H groups in total. The Bertz CT molecular complexity index is 3290. The van der Waals surface area contributed by atoms with Crippen molar-refractivity contribution in [3.05, 3.63) is 169 Å². The van der Waals surface area contributed by atoms with Crippen LogP contribution >= 0.6 is 0 Å². The van der Waals surface area contributed by atoms with Crippen LogP contribution in [0.25, 0.3) is 88.0 Å². The molecule has 0 aliphatic heterocycles. The van der Waals surface area contributed by atoms with E-state index in [1.165, 1.54) is 0 Å². The number of furan rings is 1. The summed E-state index contributed by atoms with van der Waals surface area (Å²) in [6.45, 7) is 0. The molecular weight excluding hydrogens is 544 g/mol. The molecule has 0 atom stereocenters. The zero-order chi connectivity index (χ0) is 42.8. The van der Waals surface area contributed by atoms with E-state index < -0.39 is 78.6 Å². The second-order valence-corrected chi connectivity index (χ2v) is 10.5. The Labute approximate surface area is 282 Å². The third-order valence-electron chi connectivity index (χ3n) is 8.07. The van der Waals surface area contributed by atoms with E-state index in [1.54, 1.807) is 78.9 Å². The highest BCUT2D eigenvalue weighted by Crippen LogP contribution is 2.50. The molecule has 0 saturated carbocycles. The highest BCUT2D eigenvalue weighted by molar-refractivity contribution is 6.25. The van der Waals surface area contributed by atoms with Crippen molar-refractivity contribution in [1.82, 2.24) is 0 Å². The quantitative estimate of drug-likeness (QED) is 0.187. The van der Waals surface area contributed by atoms with Crippen molar-refractivity contribution >= 4 is 43.5 Å². The van der Waals surface area contributed by atoms with Gasteiger partial charge in [-0.05, 0) is 78.6 Å². The molecule has 1 aromatic heterocycles. The molecule has 0 radical (unpaired) electrons. The third-order valence-corrected chi connectivity index (χ3v) is 8.07. The van der Waals surface area contributed by atoms with Crippen LogP contribution in [0.1, 0.15) is 20.6 Å². The van der Waals surface area contributed by atoms with E-state index in [0.717, 1.165) is 0 Å². The summed E-state index contributed by atoms with van der Waals surface area (Å²) >= 11 is 0. The molecule has 1 heterocycles. The molecule has 0 saturated heterocycles. The van der Waals surface area contributed by atoms with E-state index in [9.17, 15) is 6.85 Å². The highest BCUT2D eigenvalue weighted by Gasteiger charge is 2.23. The molecule has 9 rings (SSSR count). The molecule has 0 spiro atoms. The minimum Gasteiger partial charge on any atom is -0.456 e. The minimum atomic E-state index is -0.696. The van der Waals surface area contributed by atoms with E-state index >= 15 is 0 Å². The van der Waals surface area contributed by atoms with Crippen molar-refractivity contribution in [3.63, 3.8) is 0 Å². The second-order valence-electron chi connectivity index (χ2n) is 10.5. The lowest BCUT2D eigenvalue weighted by Crippen LogP contribution is -1.94. The molecule has 8 aromatic carbocycles. The molecule has 9 aromatic rings. The Balaban J connectivity index is 1.58. The van der Waals surface area contributed by atoms with Crippen molar-refractivity contribution in [3.8, 4) is 44.5 Å². The average molecular weight is 588 g/mol. The van der Waals surface area contributed by atoms with Crippen molar-refractivity contribution < 1.29 is 25.0 Å². The van der Waals surface area contributed by atoms with Gasteiger partial charge < -0.3 is 4.42 Å². The Kier molecular flexibility index (Phi) is 3.39. The van der Waals surface area contributed by atoms with Crippen LogP contribution in [-0.4, -0.2) is 0 Å². The van der Waals surface area contributed by atoms with Gasteiger partial charge in [-0.15, -0.1) is 0 Å². The molecule has 0 fully saturated rings. The van der Waals surface area contributed by atoms with Crippen molar-refractivity contribution in [2.75, 3.05) is 0 Å². The Morgan fingerprint density at radius 3 is 1.60 bits per heavy atom. The predicted octanol–water partition coefficient (Wildman–Crippen LogP) is 12.6. The van der Waals surface area contributed by atoms with Crippen LogP contribution in [0.3, 0.4) is 0 Å². The fourth-order valence-corrected chi connectivity index (χ4v) is 6.25. The Morgan fingerprint density at radius 2 is 0.911 bits per heavy atom. The lowest BCUT2D eigenvalue weighted by molar-refractivity contribution is 0.669. The molecular formula is C44H28O. The van der Waals surface area contributed by atoms with Gasteiger partial charge in [0.2, 0.25) is 0 Å². The van der Waals surface area contributed by atoms with Gasteiger partial charge in [-0.1, -0.05) is 151 Å². The summed E-state index contributed by atoms with van der Waals surface area (Å²) in [5.41, 5.74) is 0.360. The first-order valence-corrected chi connectivity index (χ1v) is 14.2. The first-order chi connectivity index (χ1) is 28.6. The second kappa shape index (κ2) is 10.4. The van der Waals surface area contributed by atoms with Crippen LogP contribution in [-0.2, 0) is 0 Å². The van der Waals surface area contributed by atoms with Crippen LogP contribution in [0.4, 0.5) is 0 Å². The average Bonchev–Trinajstić information content (AvgIpc) is 3.67. The summed E-state index contributed by atoms with van der Waals surface area (Å²) in [6, 6.07) is 14.5. The van der Waals surface area contributed by atoms with Crippen LogP contribution in [0.5, 0.6) is 0 Å². The molecule has 1 heteroatoms. The summed E-state index contributed by atoms with van der Waals surface area (Å²) in [4.78, 5) is 0. The minimum absolute atomic E-state index is 0.0849. The SMILES string of the molecule is [2H]c1c([2H])c([2H])c(-c2c(-c3c4ccccc4c(-c4c([2H])c([2H])c([2H])c([2H])c4-c4ccccc4)c4ccccc34)c([2H])c([2H])c3oc4c([2H])c([2H])c([2H])c([2H])c4c23)c([2H])c1[2H]. The van der Waals surface area contributed by atoms with Crippen LogP contribution in [0.15, 0.2) is 174 Å². The smallest absolute Gasteiger partial charge is 0.136 e. The van der Waals surface area contributed by atoms with Crippen LogP contribution < -0.4 is 0 Å². The summed E-state index contributed by atoms with van der Waals surface area (Å²) in [6.07, 6.45) is 0. The lowest BCUT2D eigenvalue weighted by Gasteiger charge is -2.21. The summed E-state index contributed by atoms with van der Waals surface area (Å²) in [7, 11) is 0. The molecule has 210 valence electrons. The summed E-state index contributed by atoms with van der Waals surface area (Å²) in [5, 5.41) is 1.40. The molecule has 0 aliphatic carbocycles. The molecule has 0 aliphatic rings. The molecule has 0 amide bonds. The van der Waals surface area contributed by atoms with E-state index in [4.69, 9.17) is 18.1 Å². The van der Waals surface area contributed by atoms with Gasteiger partial charge in [-0.2, -0.15) is 0 Å². The molecule has 0 unspecified atom stereocenters. The first kappa shape index (κ1) is 14.7. The normalized spacial score (nSPS) is 16.2. The number of hydrogen-bond acceptors (Lipinski definition) is 1. The Hall–Kier alpha value is -5.92. The highest BCUT2D eigenvalue weighted by atomic mass is 16.3. The van der Waals surface area contributed by atoms with E-state index in [1.807, 2.05) is 0 Å². The predicted molar refractivity (Wildman–Crippen MR) is 190 cm³/mol. The zero-order valence-corrected chi connectivity index (χ0v) is 23.4. The van der Waals surface area contributed by atoms with Gasteiger partial charge in [0, 0.05) is 16.3 Å². The maximum absolute atomic E-state index is 9.72. The van der Waals surface area contributed by atoms with E-state index in [-0.39, 0.29) is 67.4 Å². The van der Waals surface area contributed by atoms with E-state index in [2.05, 4.69) is 0 Å². The maximum Gasteiger partial charge on any atom is 0.136 e. The van der Waals surface area contributed by atoms with Gasteiger partial charge in [0.25, 0.3) is 0 Å². The maximum atomic E-state index is 9.72. The molecule has 45 heavy (non-hydrogen) atoms. The number of para-hydroxylation sites is 1. The largest absolute Gasteiger partial charge is 0.456 e. The third kappa shape index (κ3) is 4.02. The van der Waals surface area contributed by atoms with Gasteiger partial charge in [0.05, 0.1) is 20.6 Å². The number of fused-ring (bicyclic) bond motifs is 5. The topological polar surface area (TPSA) is 13.1 Å². The standard InChI is InChI=1S/C44H28O/c1-3-15-29(16-4-1)31-19-7-8-20-32(31)42-33-21-9-11-23-35(33)43(36-24-12-10-22-34(36)42)38-27-28-40-44(37-25-13-14-26-39(37)45-40)41(38)30-17-5-2-6-18-30/h1-28H/i2D,5D,6D,7D,8D,13D,14D,17D,18D,19D,20D,25D,26D,27D,28D. The van der Waals surface area contributed by atoms with Crippen molar-refractivity contribution in [1.29, 1.82) is 0 Å². The fourth-order valence-electron chi connectivity index (χ4n) is 6.25. The Morgan fingerprint density at radius 1 is 0.356 bits per heavy atom. The summed E-state index contributed by atoms with van der Waals surface area (Å²) < 4.78 is 140. The zero-order valence-electron chi connectivity index (χ0n) is 38.4. The van der Waals surface area contributed by atoms with E-state index in [0.29, 0.717) is 32.7 Å². The van der Waals surface area contributed by atoms with Gasteiger partial charge in [0.1, 0.15) is 11.2 Å². The lowest BCUT2D eigenvalue weighted by atomic mass is 9.81. The van der Waals surface area contributed by atoms with Gasteiger partial charge in [-0.3, -0.25) is 0 Å². The molecule has 1 nitrogen and oxygen atoms in total. The van der Waals surface area contributed by atoms with Gasteiger partial charge >= 0.3 is 0 Å².